The van der Waals surface area contributed by atoms with E-state index in [4.69, 9.17) is 5.73 Å². The fraction of sp³-hybridized carbons (Fsp3) is 0.0769. The summed E-state index contributed by atoms with van der Waals surface area (Å²) in [6.07, 6.45) is -4.35. The van der Waals surface area contributed by atoms with Crippen molar-refractivity contribution >= 4 is 23.1 Å². The number of alkyl halides is 3. The lowest BCUT2D eigenvalue weighted by Gasteiger charge is -2.07. The van der Waals surface area contributed by atoms with Crippen LogP contribution in [0.5, 0.6) is 0 Å². The predicted octanol–water partition coefficient (Wildman–Crippen LogP) is 3.07. The Kier molecular flexibility index (Phi) is 2.93. The van der Waals surface area contributed by atoms with Crippen LogP contribution in [0.3, 0.4) is 0 Å². The van der Waals surface area contributed by atoms with E-state index in [-0.39, 0.29) is 5.95 Å². The fourth-order valence-corrected chi connectivity index (χ4v) is 1.85. The van der Waals surface area contributed by atoms with Gasteiger partial charge in [0.05, 0.1) is 5.56 Å². The van der Waals surface area contributed by atoms with E-state index in [9.17, 15) is 13.2 Å². The second-order valence-corrected chi connectivity index (χ2v) is 4.36. The Morgan fingerprint density at radius 2 is 1.76 bits per heavy atom. The van der Waals surface area contributed by atoms with Gasteiger partial charge in [0.15, 0.2) is 5.65 Å². The van der Waals surface area contributed by atoms with Gasteiger partial charge in [0.1, 0.15) is 5.82 Å². The Morgan fingerprint density at radius 1 is 1.05 bits per heavy atom. The first kappa shape index (κ1) is 13.2. The zero-order valence-corrected chi connectivity index (χ0v) is 10.6. The van der Waals surface area contributed by atoms with Crippen LogP contribution in [-0.4, -0.2) is 14.6 Å². The van der Waals surface area contributed by atoms with Crippen LogP contribution in [0.2, 0.25) is 0 Å². The molecule has 0 spiro atoms. The van der Waals surface area contributed by atoms with E-state index in [0.29, 0.717) is 17.2 Å². The van der Waals surface area contributed by atoms with Crippen LogP contribution in [0.25, 0.3) is 5.65 Å². The fourth-order valence-electron chi connectivity index (χ4n) is 1.85. The summed E-state index contributed by atoms with van der Waals surface area (Å²) in [6, 6.07) is 9.75. The number of nitrogens with zero attached hydrogens (tertiary/aromatic N) is 3. The number of nitrogens with one attached hydrogen (secondary N) is 1. The number of hydrogen-bond donors (Lipinski definition) is 2. The van der Waals surface area contributed by atoms with Crippen LogP contribution < -0.4 is 11.1 Å². The van der Waals surface area contributed by atoms with Crippen LogP contribution in [0.1, 0.15) is 5.56 Å². The number of halogens is 3. The van der Waals surface area contributed by atoms with Gasteiger partial charge >= 0.3 is 6.18 Å². The van der Waals surface area contributed by atoms with Crippen LogP contribution in [0, 0.1) is 0 Å². The maximum absolute atomic E-state index is 12.5. The minimum atomic E-state index is -4.35. The molecule has 1 aromatic carbocycles. The van der Waals surface area contributed by atoms with Crippen LogP contribution in [0.4, 0.5) is 30.6 Å². The minimum absolute atomic E-state index is 0.257. The number of fused-ring (bicyclic) bond motifs is 1. The maximum Gasteiger partial charge on any atom is 0.416 e. The topological polar surface area (TPSA) is 68.2 Å². The van der Waals surface area contributed by atoms with Gasteiger partial charge in [0.2, 0.25) is 5.95 Å². The van der Waals surface area contributed by atoms with Gasteiger partial charge in [-0.05, 0) is 36.4 Å². The lowest BCUT2D eigenvalue weighted by Crippen LogP contribution is -2.04. The molecule has 0 fully saturated rings. The number of aromatic nitrogens is 3. The Balaban J connectivity index is 1.87. The third-order valence-corrected chi connectivity index (χ3v) is 2.86. The molecule has 5 nitrogen and oxygen atoms in total. The second-order valence-electron chi connectivity index (χ2n) is 4.36. The highest BCUT2D eigenvalue weighted by molar-refractivity contribution is 5.57. The number of benzene rings is 1. The van der Waals surface area contributed by atoms with Crippen LogP contribution in [-0.2, 0) is 6.18 Å². The molecule has 0 aliphatic heterocycles. The molecule has 0 atom stereocenters. The van der Waals surface area contributed by atoms with E-state index in [2.05, 4.69) is 15.4 Å². The first-order valence-electron chi connectivity index (χ1n) is 5.99. The molecule has 3 aromatic rings. The van der Waals surface area contributed by atoms with Gasteiger partial charge in [0.25, 0.3) is 0 Å². The molecule has 0 aliphatic rings. The highest BCUT2D eigenvalue weighted by Gasteiger charge is 2.29. The molecule has 0 aliphatic carbocycles. The number of rotatable bonds is 2. The summed E-state index contributed by atoms with van der Waals surface area (Å²) in [5.74, 6) is 0.674. The van der Waals surface area contributed by atoms with Gasteiger partial charge in [-0.3, -0.25) is 0 Å². The van der Waals surface area contributed by atoms with E-state index >= 15 is 0 Å². The van der Waals surface area contributed by atoms with Crippen LogP contribution in [0.15, 0.2) is 42.5 Å². The average molecular weight is 293 g/mol. The van der Waals surface area contributed by atoms with Crippen molar-refractivity contribution in [3.8, 4) is 0 Å². The summed E-state index contributed by atoms with van der Waals surface area (Å²) in [5, 5.41) is 6.96. The highest BCUT2D eigenvalue weighted by Crippen LogP contribution is 2.30. The van der Waals surface area contributed by atoms with Crippen molar-refractivity contribution in [1.82, 2.24) is 14.6 Å². The molecule has 3 rings (SSSR count). The summed E-state index contributed by atoms with van der Waals surface area (Å²) >= 11 is 0. The molecule has 0 saturated carbocycles. The van der Waals surface area contributed by atoms with E-state index < -0.39 is 11.7 Å². The van der Waals surface area contributed by atoms with Gasteiger partial charge in [-0.1, -0.05) is 6.07 Å². The molecular weight excluding hydrogens is 283 g/mol. The molecule has 8 heteroatoms. The number of pyridine rings is 1. The van der Waals surface area contributed by atoms with Gasteiger partial charge in [-0.25, -0.2) is 0 Å². The largest absolute Gasteiger partial charge is 0.416 e. The van der Waals surface area contributed by atoms with Gasteiger partial charge < -0.3 is 11.1 Å². The van der Waals surface area contributed by atoms with Crippen molar-refractivity contribution in [2.45, 2.75) is 6.18 Å². The zero-order chi connectivity index (χ0) is 15.0. The second kappa shape index (κ2) is 4.65. The summed E-state index contributed by atoms with van der Waals surface area (Å²) in [7, 11) is 0. The Morgan fingerprint density at radius 3 is 2.38 bits per heavy atom. The van der Waals surface area contributed by atoms with E-state index in [1.807, 2.05) is 0 Å². The quantitative estimate of drug-likeness (QED) is 0.762. The number of nitrogens with two attached hydrogens (primary N) is 1. The smallest absolute Gasteiger partial charge is 0.384 e. The van der Waals surface area contributed by atoms with E-state index in [0.717, 1.165) is 12.1 Å². The van der Waals surface area contributed by atoms with Gasteiger partial charge in [-0.2, -0.15) is 22.7 Å². The monoisotopic (exact) mass is 293 g/mol. The van der Waals surface area contributed by atoms with E-state index in [1.165, 1.54) is 16.6 Å². The molecule has 0 unspecified atom stereocenters. The first-order chi connectivity index (χ1) is 9.93. The van der Waals surface area contributed by atoms with Crippen molar-refractivity contribution in [3.05, 3.63) is 48.0 Å². The standard InChI is InChI=1S/C13H10F3N5/c14-13(15,16)8-4-6-9(7-5-8)18-12-19-11-3-1-2-10(17)21(11)20-12/h1-7H,17H2,(H,18,20). The Labute approximate surface area is 117 Å². The summed E-state index contributed by atoms with van der Waals surface area (Å²) in [5.41, 5.74) is 6.03. The molecule has 0 radical (unpaired) electrons. The summed E-state index contributed by atoms with van der Waals surface area (Å²) in [6.45, 7) is 0. The molecule has 21 heavy (non-hydrogen) atoms. The summed E-state index contributed by atoms with van der Waals surface area (Å²) in [4.78, 5) is 4.18. The van der Waals surface area contributed by atoms with E-state index in [1.54, 1.807) is 18.2 Å². The third-order valence-electron chi connectivity index (χ3n) is 2.86. The van der Waals surface area contributed by atoms with Crippen LogP contribution >= 0.6 is 0 Å². The average Bonchev–Trinajstić information content (AvgIpc) is 2.82. The molecule has 2 aromatic heterocycles. The summed E-state index contributed by atoms with van der Waals surface area (Å²) < 4.78 is 38.8. The molecular formula is C13H10F3N5. The van der Waals surface area contributed by atoms with Crippen molar-refractivity contribution < 1.29 is 13.2 Å². The van der Waals surface area contributed by atoms with Crippen molar-refractivity contribution in [1.29, 1.82) is 0 Å². The molecule has 3 N–H and O–H groups in total. The number of hydrogen-bond acceptors (Lipinski definition) is 4. The Bertz CT molecular complexity index is 777. The maximum atomic E-state index is 12.5. The van der Waals surface area contributed by atoms with Crippen molar-refractivity contribution in [2.75, 3.05) is 11.1 Å². The highest BCUT2D eigenvalue weighted by atomic mass is 19.4. The van der Waals surface area contributed by atoms with Crippen molar-refractivity contribution in [2.24, 2.45) is 0 Å². The third kappa shape index (κ3) is 2.60. The predicted molar refractivity (Wildman–Crippen MR) is 72.1 cm³/mol. The normalized spacial score (nSPS) is 11.8. The molecule has 0 bridgehead atoms. The zero-order valence-electron chi connectivity index (χ0n) is 10.6. The molecule has 108 valence electrons. The van der Waals surface area contributed by atoms with Gasteiger partial charge in [-0.15, -0.1) is 5.10 Å². The molecule has 0 saturated heterocycles. The van der Waals surface area contributed by atoms with Crippen molar-refractivity contribution in [3.63, 3.8) is 0 Å². The minimum Gasteiger partial charge on any atom is -0.384 e. The van der Waals surface area contributed by atoms with Gasteiger partial charge in [0, 0.05) is 5.69 Å². The first-order valence-corrected chi connectivity index (χ1v) is 5.99. The molecule has 0 amide bonds. The number of nitrogen functional groups attached to an aromatic ring is 1. The SMILES string of the molecule is Nc1cccc2nc(Nc3ccc(C(F)(F)F)cc3)nn12. The lowest BCUT2D eigenvalue weighted by molar-refractivity contribution is -0.137. The molecule has 2 heterocycles. The number of anilines is 3. The Hall–Kier alpha value is -2.77. The lowest BCUT2D eigenvalue weighted by atomic mass is 10.2.